The predicted molar refractivity (Wildman–Crippen MR) is 72.1 cm³/mol. The van der Waals surface area contributed by atoms with Crippen molar-refractivity contribution in [3.63, 3.8) is 0 Å². The van der Waals surface area contributed by atoms with Crippen molar-refractivity contribution in [2.75, 3.05) is 5.75 Å². The minimum absolute atomic E-state index is 0.498. The van der Waals surface area contributed by atoms with E-state index in [1.807, 2.05) is 0 Å². The molecule has 0 N–H and O–H groups in total. The summed E-state index contributed by atoms with van der Waals surface area (Å²) < 4.78 is 11.7. The van der Waals surface area contributed by atoms with Gasteiger partial charge < -0.3 is 0 Å². The molecular formula is C14H19NOS. The first-order chi connectivity index (χ1) is 8.13. The van der Waals surface area contributed by atoms with Gasteiger partial charge in [0.15, 0.2) is 0 Å². The van der Waals surface area contributed by atoms with Crippen LogP contribution in [0.3, 0.4) is 0 Å². The highest BCUT2D eigenvalue weighted by atomic mass is 32.2. The molecule has 0 radical (unpaired) electrons. The van der Waals surface area contributed by atoms with Gasteiger partial charge in [-0.25, -0.2) is 0 Å². The minimum atomic E-state index is -0.841. The Labute approximate surface area is 106 Å². The highest BCUT2D eigenvalue weighted by Gasteiger charge is 2.03. The fourth-order valence-corrected chi connectivity index (χ4v) is 2.74. The summed E-state index contributed by atoms with van der Waals surface area (Å²) in [7, 11) is -0.841. The smallest absolute Gasteiger partial charge is 0.0622 e. The number of unbranched alkanes of at least 4 members (excludes halogenated alkanes) is 1. The molecule has 0 aliphatic heterocycles. The molecule has 0 aliphatic rings. The van der Waals surface area contributed by atoms with E-state index in [-0.39, 0.29) is 0 Å². The quantitative estimate of drug-likeness (QED) is 0.725. The highest BCUT2D eigenvalue weighted by Crippen LogP contribution is 2.15. The van der Waals surface area contributed by atoms with E-state index in [0.717, 1.165) is 12.0 Å². The van der Waals surface area contributed by atoms with E-state index in [0.29, 0.717) is 23.8 Å². The van der Waals surface area contributed by atoms with E-state index in [9.17, 15) is 4.21 Å². The Morgan fingerprint density at radius 3 is 2.47 bits per heavy atom. The summed E-state index contributed by atoms with van der Waals surface area (Å²) in [5.41, 5.74) is 2.42. The monoisotopic (exact) mass is 249 g/mol. The summed E-state index contributed by atoms with van der Waals surface area (Å²) in [4.78, 5) is 0. The highest BCUT2D eigenvalue weighted by molar-refractivity contribution is 7.84. The molecule has 17 heavy (non-hydrogen) atoms. The molecule has 0 saturated heterocycles. The van der Waals surface area contributed by atoms with Gasteiger partial charge in [0, 0.05) is 28.7 Å². The Bertz CT molecular complexity index is 403. The van der Waals surface area contributed by atoms with E-state index in [2.05, 4.69) is 44.2 Å². The second-order valence-electron chi connectivity index (χ2n) is 4.45. The van der Waals surface area contributed by atoms with Crippen LogP contribution in [0, 0.1) is 11.3 Å². The standard InChI is InChI=1S/C14H19NOS/c1-12(2)14-7-5-13(6-8-14)11-17(16)10-4-3-9-15/h5-8,12H,3-4,10-11H2,1-2H3/t17-/m1/s1. The SMILES string of the molecule is CC(C)c1ccc(C[S@](=O)CCCC#N)cc1. The molecule has 0 bridgehead atoms. The van der Waals surface area contributed by atoms with Crippen molar-refractivity contribution < 1.29 is 4.21 Å². The lowest BCUT2D eigenvalue weighted by molar-refractivity contribution is 0.680. The van der Waals surface area contributed by atoms with Crippen molar-refractivity contribution in [3.8, 4) is 6.07 Å². The van der Waals surface area contributed by atoms with Crippen LogP contribution in [0.4, 0.5) is 0 Å². The second kappa shape index (κ2) is 7.24. The number of nitrogens with zero attached hydrogens (tertiary/aromatic N) is 1. The van der Waals surface area contributed by atoms with Crippen LogP contribution in [-0.2, 0) is 16.6 Å². The number of rotatable bonds is 6. The van der Waals surface area contributed by atoms with Crippen LogP contribution in [0.1, 0.15) is 43.7 Å². The van der Waals surface area contributed by atoms with Crippen molar-refractivity contribution in [2.24, 2.45) is 0 Å². The Balaban J connectivity index is 2.46. The molecule has 92 valence electrons. The third kappa shape index (κ3) is 5.14. The molecule has 3 heteroatoms. The van der Waals surface area contributed by atoms with Crippen molar-refractivity contribution in [1.29, 1.82) is 5.26 Å². The van der Waals surface area contributed by atoms with Gasteiger partial charge in [0.25, 0.3) is 0 Å². The van der Waals surface area contributed by atoms with Gasteiger partial charge in [-0.1, -0.05) is 38.1 Å². The number of hydrogen-bond acceptors (Lipinski definition) is 2. The Kier molecular flexibility index (Phi) is 5.93. The van der Waals surface area contributed by atoms with Gasteiger partial charge in [0.2, 0.25) is 0 Å². The summed E-state index contributed by atoms with van der Waals surface area (Å²) in [6.45, 7) is 4.32. The minimum Gasteiger partial charge on any atom is -0.259 e. The van der Waals surface area contributed by atoms with Gasteiger partial charge in [-0.15, -0.1) is 0 Å². The van der Waals surface area contributed by atoms with Crippen molar-refractivity contribution in [1.82, 2.24) is 0 Å². The molecule has 1 atom stereocenters. The van der Waals surface area contributed by atoms with Gasteiger partial charge >= 0.3 is 0 Å². The van der Waals surface area contributed by atoms with E-state index in [1.54, 1.807) is 0 Å². The van der Waals surface area contributed by atoms with E-state index < -0.39 is 10.8 Å². The zero-order valence-corrected chi connectivity index (χ0v) is 11.3. The molecule has 1 aromatic carbocycles. The van der Waals surface area contributed by atoms with Crippen LogP contribution < -0.4 is 0 Å². The van der Waals surface area contributed by atoms with Gasteiger partial charge in [0.05, 0.1) is 6.07 Å². The lowest BCUT2D eigenvalue weighted by Crippen LogP contribution is -2.01. The summed E-state index contributed by atoms with van der Waals surface area (Å²) in [6, 6.07) is 10.4. The number of hydrogen-bond donors (Lipinski definition) is 0. The average Bonchev–Trinajstić information content (AvgIpc) is 2.30. The molecule has 1 rings (SSSR count). The molecule has 0 heterocycles. The summed E-state index contributed by atoms with van der Waals surface area (Å²) in [5.74, 6) is 1.76. The zero-order chi connectivity index (χ0) is 12.7. The maximum Gasteiger partial charge on any atom is 0.0622 e. The van der Waals surface area contributed by atoms with Crippen LogP contribution in [-0.4, -0.2) is 9.96 Å². The largest absolute Gasteiger partial charge is 0.259 e. The van der Waals surface area contributed by atoms with Crippen LogP contribution in [0.15, 0.2) is 24.3 Å². The lowest BCUT2D eigenvalue weighted by atomic mass is 10.0. The third-order valence-electron chi connectivity index (χ3n) is 2.63. The van der Waals surface area contributed by atoms with Crippen LogP contribution >= 0.6 is 0 Å². The van der Waals surface area contributed by atoms with Gasteiger partial charge in [-0.2, -0.15) is 5.26 Å². The molecule has 0 amide bonds. The zero-order valence-electron chi connectivity index (χ0n) is 10.5. The molecule has 2 nitrogen and oxygen atoms in total. The van der Waals surface area contributed by atoms with Gasteiger partial charge in [-0.3, -0.25) is 4.21 Å². The molecule has 0 saturated carbocycles. The number of nitriles is 1. The Morgan fingerprint density at radius 2 is 1.94 bits per heavy atom. The first-order valence-corrected chi connectivity index (χ1v) is 7.43. The Hall–Kier alpha value is -1.14. The molecule has 0 fully saturated rings. The fraction of sp³-hybridized carbons (Fsp3) is 0.500. The topological polar surface area (TPSA) is 40.9 Å². The number of benzene rings is 1. The molecular weight excluding hydrogens is 230 g/mol. The first-order valence-electron chi connectivity index (χ1n) is 5.94. The maximum atomic E-state index is 11.7. The lowest BCUT2D eigenvalue weighted by Gasteiger charge is -2.06. The van der Waals surface area contributed by atoms with Crippen LogP contribution in [0.25, 0.3) is 0 Å². The van der Waals surface area contributed by atoms with Gasteiger partial charge in [0.1, 0.15) is 0 Å². The summed E-state index contributed by atoms with van der Waals surface area (Å²) in [6.07, 6.45) is 1.23. The molecule has 0 aromatic heterocycles. The molecule has 0 unspecified atom stereocenters. The molecule has 1 aromatic rings. The average molecular weight is 249 g/mol. The molecule has 0 aliphatic carbocycles. The predicted octanol–water partition coefficient (Wildman–Crippen LogP) is 3.36. The fourth-order valence-electron chi connectivity index (χ4n) is 1.57. The second-order valence-corrected chi connectivity index (χ2v) is 6.02. The first kappa shape index (κ1) is 13.9. The maximum absolute atomic E-state index is 11.7. The van der Waals surface area contributed by atoms with E-state index in [4.69, 9.17) is 5.26 Å². The Morgan fingerprint density at radius 1 is 1.29 bits per heavy atom. The normalized spacial score (nSPS) is 12.4. The van der Waals surface area contributed by atoms with Gasteiger partial charge in [-0.05, 0) is 23.5 Å². The van der Waals surface area contributed by atoms with Crippen LogP contribution in [0.2, 0.25) is 0 Å². The van der Waals surface area contributed by atoms with Crippen molar-refractivity contribution >= 4 is 10.8 Å². The van der Waals surface area contributed by atoms with Crippen LogP contribution in [0.5, 0.6) is 0 Å². The third-order valence-corrected chi connectivity index (χ3v) is 4.03. The molecule has 0 spiro atoms. The van der Waals surface area contributed by atoms with Crippen molar-refractivity contribution in [2.45, 2.75) is 38.4 Å². The van der Waals surface area contributed by atoms with E-state index in [1.165, 1.54) is 5.56 Å². The van der Waals surface area contributed by atoms with Crippen molar-refractivity contribution in [3.05, 3.63) is 35.4 Å². The summed E-state index contributed by atoms with van der Waals surface area (Å²) >= 11 is 0. The summed E-state index contributed by atoms with van der Waals surface area (Å²) in [5, 5.41) is 8.40. The van der Waals surface area contributed by atoms with E-state index >= 15 is 0 Å².